The third-order valence-corrected chi connectivity index (χ3v) is 2.69. The van der Waals surface area contributed by atoms with Crippen LogP contribution >= 0.6 is 11.6 Å². The highest BCUT2D eigenvalue weighted by molar-refractivity contribution is 6.29. The van der Waals surface area contributed by atoms with E-state index in [1.807, 2.05) is 10.8 Å². The number of anilines is 1. The average Bonchev–Trinajstić information content (AvgIpc) is 2.87. The number of nitrogens with one attached hydrogen (secondary N) is 1. The Hall–Kier alpha value is -2.15. The normalized spacial score (nSPS) is 10.4. The number of rotatable bonds is 6. The summed E-state index contributed by atoms with van der Waals surface area (Å²) in [6, 6.07) is 2.74. The van der Waals surface area contributed by atoms with Crippen LogP contribution in [0, 0.1) is 10.1 Å². The van der Waals surface area contributed by atoms with E-state index >= 15 is 0 Å². The highest BCUT2D eigenvalue weighted by Crippen LogP contribution is 2.23. The second-order valence-electron chi connectivity index (χ2n) is 3.84. The first-order valence-electron chi connectivity index (χ1n) is 5.67. The Bertz CT molecular complexity index is 558. The first-order valence-corrected chi connectivity index (χ1v) is 6.05. The van der Waals surface area contributed by atoms with Gasteiger partial charge in [-0.05, 0) is 12.5 Å². The number of nitro groups is 1. The Morgan fingerprint density at radius 2 is 2.32 bits per heavy atom. The minimum absolute atomic E-state index is 0.0768. The first-order chi connectivity index (χ1) is 9.16. The van der Waals surface area contributed by atoms with Crippen molar-refractivity contribution in [1.29, 1.82) is 0 Å². The van der Waals surface area contributed by atoms with Gasteiger partial charge in [0.15, 0.2) is 0 Å². The van der Waals surface area contributed by atoms with Crippen molar-refractivity contribution < 1.29 is 4.92 Å². The first kappa shape index (κ1) is 13.3. The summed E-state index contributed by atoms with van der Waals surface area (Å²) in [6.45, 7) is 1.34. The fraction of sp³-hybridized carbons (Fsp3) is 0.273. The molecule has 8 heteroatoms. The van der Waals surface area contributed by atoms with E-state index in [-0.39, 0.29) is 16.7 Å². The van der Waals surface area contributed by atoms with Crippen molar-refractivity contribution in [3.8, 4) is 0 Å². The summed E-state index contributed by atoms with van der Waals surface area (Å²) in [5, 5.41) is 14.0. The molecule has 0 aliphatic rings. The van der Waals surface area contributed by atoms with Crippen LogP contribution in [0.15, 0.2) is 30.9 Å². The van der Waals surface area contributed by atoms with Gasteiger partial charge in [0.25, 0.3) is 0 Å². The predicted molar refractivity (Wildman–Crippen MR) is 71.2 cm³/mol. The number of hydrogen-bond acceptors (Lipinski definition) is 5. The van der Waals surface area contributed by atoms with Crippen LogP contribution in [-0.4, -0.2) is 26.0 Å². The molecule has 0 bridgehead atoms. The van der Waals surface area contributed by atoms with Gasteiger partial charge in [0.1, 0.15) is 5.15 Å². The number of aryl methyl sites for hydroxylation is 1. The smallest absolute Gasteiger partial charge is 0.311 e. The molecule has 0 atom stereocenters. The molecular weight excluding hydrogens is 270 g/mol. The van der Waals surface area contributed by atoms with E-state index in [4.69, 9.17) is 11.6 Å². The Morgan fingerprint density at radius 1 is 1.47 bits per heavy atom. The van der Waals surface area contributed by atoms with Crippen molar-refractivity contribution in [3.63, 3.8) is 0 Å². The van der Waals surface area contributed by atoms with Gasteiger partial charge in [-0.15, -0.1) is 0 Å². The highest BCUT2D eigenvalue weighted by atomic mass is 35.5. The molecule has 100 valence electrons. The van der Waals surface area contributed by atoms with Gasteiger partial charge in [-0.1, -0.05) is 11.6 Å². The fourth-order valence-corrected chi connectivity index (χ4v) is 1.74. The van der Waals surface area contributed by atoms with Crippen LogP contribution in [0.4, 0.5) is 11.5 Å². The lowest BCUT2D eigenvalue weighted by atomic mass is 10.3. The lowest BCUT2D eigenvalue weighted by Gasteiger charge is -2.06. The molecule has 0 saturated heterocycles. The van der Waals surface area contributed by atoms with E-state index in [1.165, 1.54) is 12.1 Å². The van der Waals surface area contributed by atoms with Crippen LogP contribution in [-0.2, 0) is 6.54 Å². The quantitative estimate of drug-likeness (QED) is 0.380. The molecule has 0 saturated carbocycles. The summed E-state index contributed by atoms with van der Waals surface area (Å²) >= 11 is 5.73. The van der Waals surface area contributed by atoms with Gasteiger partial charge in [0, 0.05) is 31.5 Å². The Labute approximate surface area is 114 Å². The summed E-state index contributed by atoms with van der Waals surface area (Å²) in [6.07, 6.45) is 6.08. The minimum atomic E-state index is -0.485. The second-order valence-corrected chi connectivity index (χ2v) is 4.23. The molecule has 1 N–H and O–H groups in total. The maximum Gasteiger partial charge on any atom is 0.311 e. The number of halogens is 1. The molecule has 2 rings (SSSR count). The van der Waals surface area contributed by atoms with Crippen LogP contribution < -0.4 is 5.32 Å². The number of hydrogen-bond donors (Lipinski definition) is 1. The Morgan fingerprint density at radius 3 is 3.00 bits per heavy atom. The summed E-state index contributed by atoms with van der Waals surface area (Å²) in [5.41, 5.74) is -0.0768. The molecule has 0 amide bonds. The van der Waals surface area contributed by atoms with E-state index in [0.29, 0.717) is 6.54 Å². The molecule has 0 aliphatic heterocycles. The maximum atomic E-state index is 10.8. The molecule has 2 aromatic heterocycles. The van der Waals surface area contributed by atoms with Gasteiger partial charge in [-0.25, -0.2) is 9.97 Å². The molecule has 7 nitrogen and oxygen atoms in total. The van der Waals surface area contributed by atoms with Crippen molar-refractivity contribution >= 4 is 23.1 Å². The molecule has 19 heavy (non-hydrogen) atoms. The summed E-state index contributed by atoms with van der Waals surface area (Å²) in [7, 11) is 0. The van der Waals surface area contributed by atoms with Gasteiger partial charge in [0.05, 0.1) is 11.3 Å². The van der Waals surface area contributed by atoms with Gasteiger partial charge < -0.3 is 9.88 Å². The number of imidazole rings is 1. The van der Waals surface area contributed by atoms with Crippen LogP contribution in [0.25, 0.3) is 0 Å². The zero-order chi connectivity index (χ0) is 13.7. The maximum absolute atomic E-state index is 10.8. The third-order valence-electron chi connectivity index (χ3n) is 2.48. The highest BCUT2D eigenvalue weighted by Gasteiger charge is 2.14. The molecule has 0 aliphatic carbocycles. The number of nitrogens with zero attached hydrogens (tertiary/aromatic N) is 4. The number of aromatic nitrogens is 3. The van der Waals surface area contributed by atoms with E-state index < -0.39 is 4.92 Å². The lowest BCUT2D eigenvalue weighted by Crippen LogP contribution is -2.08. The van der Waals surface area contributed by atoms with Crippen LogP contribution in [0.2, 0.25) is 5.15 Å². The minimum Gasteiger partial charge on any atom is -0.364 e. The van der Waals surface area contributed by atoms with Crippen molar-refractivity contribution in [3.05, 3.63) is 46.1 Å². The molecule has 2 aromatic rings. The van der Waals surface area contributed by atoms with Crippen molar-refractivity contribution in [2.45, 2.75) is 13.0 Å². The fourth-order valence-electron chi connectivity index (χ4n) is 1.59. The molecule has 0 spiro atoms. The Kier molecular flexibility index (Phi) is 4.30. The van der Waals surface area contributed by atoms with Gasteiger partial charge in [-0.3, -0.25) is 10.1 Å². The number of pyridine rings is 1. The van der Waals surface area contributed by atoms with Crippen LogP contribution in [0.3, 0.4) is 0 Å². The zero-order valence-corrected chi connectivity index (χ0v) is 10.7. The van der Waals surface area contributed by atoms with E-state index in [1.54, 1.807) is 12.5 Å². The summed E-state index contributed by atoms with van der Waals surface area (Å²) in [5.74, 6) is 0.197. The molecule has 0 fully saturated rings. The van der Waals surface area contributed by atoms with E-state index in [9.17, 15) is 10.1 Å². The summed E-state index contributed by atoms with van der Waals surface area (Å²) in [4.78, 5) is 18.2. The third kappa shape index (κ3) is 3.65. The molecule has 0 unspecified atom stereocenters. The van der Waals surface area contributed by atoms with Crippen LogP contribution in [0.5, 0.6) is 0 Å². The monoisotopic (exact) mass is 281 g/mol. The van der Waals surface area contributed by atoms with Crippen molar-refractivity contribution in [2.75, 3.05) is 11.9 Å². The van der Waals surface area contributed by atoms with Gasteiger partial charge in [0.2, 0.25) is 5.82 Å². The van der Waals surface area contributed by atoms with Gasteiger partial charge in [-0.2, -0.15) is 0 Å². The summed E-state index contributed by atoms with van der Waals surface area (Å²) < 4.78 is 1.93. The van der Waals surface area contributed by atoms with E-state index in [2.05, 4.69) is 15.3 Å². The zero-order valence-electron chi connectivity index (χ0n) is 9.99. The van der Waals surface area contributed by atoms with Crippen molar-refractivity contribution in [1.82, 2.24) is 14.5 Å². The second kappa shape index (κ2) is 6.14. The predicted octanol–water partition coefficient (Wildman–Crippen LogP) is 2.34. The lowest BCUT2D eigenvalue weighted by molar-refractivity contribution is -0.384. The molecule has 2 heterocycles. The van der Waals surface area contributed by atoms with Crippen LogP contribution in [0.1, 0.15) is 6.42 Å². The van der Waals surface area contributed by atoms with Gasteiger partial charge >= 0.3 is 5.69 Å². The molecular formula is C11H12ClN5O2. The standard InChI is InChI=1S/C11H12ClN5O2/c12-10-3-2-9(17(18)19)11(15-10)14-4-1-6-16-7-5-13-8-16/h2-3,5,7-8H,1,4,6H2,(H,14,15). The SMILES string of the molecule is O=[N+]([O-])c1ccc(Cl)nc1NCCCn1ccnc1. The van der Waals surface area contributed by atoms with Crippen molar-refractivity contribution in [2.24, 2.45) is 0 Å². The van der Waals surface area contributed by atoms with E-state index in [0.717, 1.165) is 13.0 Å². The topological polar surface area (TPSA) is 85.9 Å². The molecule has 0 aromatic carbocycles. The molecule has 0 radical (unpaired) electrons. The Balaban J connectivity index is 1.91. The average molecular weight is 282 g/mol. The largest absolute Gasteiger partial charge is 0.364 e.